The van der Waals surface area contributed by atoms with Crippen LogP contribution in [0.3, 0.4) is 0 Å². The van der Waals surface area contributed by atoms with E-state index >= 15 is 0 Å². The van der Waals surface area contributed by atoms with Crippen LogP contribution < -0.4 is 5.56 Å². The predicted molar refractivity (Wildman–Crippen MR) is 170 cm³/mol. The highest BCUT2D eigenvalue weighted by atomic mass is 32.2. The molecule has 1 saturated heterocycles. The smallest absolute Gasteiger partial charge is 0.339 e. The van der Waals surface area contributed by atoms with Crippen LogP contribution in [0.1, 0.15) is 54.1 Å². The highest BCUT2D eigenvalue weighted by molar-refractivity contribution is 7.99. The minimum absolute atomic E-state index is 0.0218. The van der Waals surface area contributed by atoms with E-state index in [0.29, 0.717) is 59.9 Å². The van der Waals surface area contributed by atoms with Crippen LogP contribution in [0.25, 0.3) is 16.6 Å². The lowest BCUT2D eigenvalue weighted by Crippen LogP contribution is -2.55. The molecule has 2 amide bonds. The molecule has 0 saturated carbocycles. The predicted octanol–water partition coefficient (Wildman–Crippen LogP) is 6.74. The summed E-state index contributed by atoms with van der Waals surface area (Å²) in [5.41, 5.74) is 1.06. The van der Waals surface area contributed by atoms with Gasteiger partial charge in [0.15, 0.2) is 5.16 Å². The number of fused-ring (bicyclic) bond motifs is 1. The zero-order valence-corrected chi connectivity index (χ0v) is 26.0. The average molecular weight is 637 g/mol. The van der Waals surface area contributed by atoms with Crippen LogP contribution in [0.4, 0.5) is 13.2 Å². The van der Waals surface area contributed by atoms with Gasteiger partial charge in [0.05, 0.1) is 22.2 Å². The minimum Gasteiger partial charge on any atom is -0.339 e. The average Bonchev–Trinajstić information content (AvgIpc) is 3.02. The second-order valence-corrected chi connectivity index (χ2v) is 12.4. The Kier molecular flexibility index (Phi) is 9.96. The number of hydrogen-bond donors (Lipinski definition) is 0. The van der Waals surface area contributed by atoms with E-state index in [1.165, 1.54) is 28.5 Å². The zero-order valence-electron chi connectivity index (χ0n) is 25.2. The van der Waals surface area contributed by atoms with Crippen molar-refractivity contribution < 1.29 is 22.8 Å². The first-order valence-electron chi connectivity index (χ1n) is 15.0. The maximum absolute atomic E-state index is 13.4. The van der Waals surface area contributed by atoms with Gasteiger partial charge in [-0.15, -0.1) is 0 Å². The van der Waals surface area contributed by atoms with E-state index in [2.05, 4.69) is 4.98 Å². The molecule has 0 radical (unpaired) electrons. The fraction of sp³-hybridized carbons (Fsp3) is 0.353. The van der Waals surface area contributed by atoms with E-state index in [4.69, 9.17) is 0 Å². The number of hydrogen-bond acceptors (Lipinski definition) is 5. The van der Waals surface area contributed by atoms with Crippen molar-refractivity contribution in [2.75, 3.05) is 25.4 Å². The maximum Gasteiger partial charge on any atom is 0.416 e. The molecule has 0 bridgehead atoms. The molecule has 0 aliphatic carbocycles. The van der Waals surface area contributed by atoms with Crippen molar-refractivity contribution in [2.24, 2.45) is 0 Å². The van der Waals surface area contributed by atoms with E-state index in [1.807, 2.05) is 47.9 Å². The third kappa shape index (κ3) is 7.58. The highest BCUT2D eigenvalue weighted by Gasteiger charge is 2.31. The van der Waals surface area contributed by atoms with Gasteiger partial charge in [-0.2, -0.15) is 13.2 Å². The van der Waals surface area contributed by atoms with Gasteiger partial charge >= 0.3 is 6.18 Å². The molecular formula is C34H35F3N4O3S. The molecule has 1 aliphatic heterocycles. The first-order chi connectivity index (χ1) is 21.5. The maximum atomic E-state index is 13.4. The minimum atomic E-state index is -4.54. The van der Waals surface area contributed by atoms with Crippen molar-refractivity contribution in [1.29, 1.82) is 0 Å². The number of amides is 2. The first kappa shape index (κ1) is 32.3. The molecular weight excluding hydrogens is 601 g/mol. The van der Waals surface area contributed by atoms with Crippen LogP contribution in [0.15, 0.2) is 82.7 Å². The number of rotatable bonds is 9. The Labute approximate surface area is 264 Å². The number of unbranched alkanes of at least 4 members (excludes halogenated alkanes) is 2. The van der Waals surface area contributed by atoms with Crippen LogP contribution in [-0.4, -0.2) is 62.6 Å². The van der Waals surface area contributed by atoms with Crippen molar-refractivity contribution in [3.05, 3.63) is 99.8 Å². The van der Waals surface area contributed by atoms with Crippen LogP contribution in [0, 0.1) is 6.92 Å². The number of alkyl halides is 3. The largest absolute Gasteiger partial charge is 0.416 e. The van der Waals surface area contributed by atoms with Crippen molar-refractivity contribution in [1.82, 2.24) is 19.4 Å². The normalized spacial score (nSPS) is 15.4. The molecule has 0 spiro atoms. The summed E-state index contributed by atoms with van der Waals surface area (Å²) in [6, 6.07) is 18.9. The van der Waals surface area contributed by atoms with Crippen molar-refractivity contribution in [2.45, 2.75) is 56.9 Å². The van der Waals surface area contributed by atoms with Crippen molar-refractivity contribution in [3.8, 4) is 5.69 Å². The summed E-state index contributed by atoms with van der Waals surface area (Å²) < 4.78 is 41.5. The summed E-state index contributed by atoms with van der Waals surface area (Å²) >= 11 is 1.31. The monoisotopic (exact) mass is 636 g/mol. The lowest BCUT2D eigenvalue weighted by atomic mass is 10.1. The number of halogens is 3. The molecule has 45 heavy (non-hydrogen) atoms. The fourth-order valence-corrected chi connectivity index (χ4v) is 6.49. The zero-order chi connectivity index (χ0) is 32.1. The highest BCUT2D eigenvalue weighted by Crippen LogP contribution is 2.31. The molecule has 1 atom stereocenters. The van der Waals surface area contributed by atoms with Gasteiger partial charge < -0.3 is 9.80 Å². The van der Waals surface area contributed by atoms with Crippen LogP contribution in [-0.2, 0) is 11.0 Å². The van der Waals surface area contributed by atoms with Gasteiger partial charge in [-0.05, 0) is 69.2 Å². The molecule has 7 nitrogen and oxygen atoms in total. The van der Waals surface area contributed by atoms with Crippen molar-refractivity contribution >= 4 is 34.5 Å². The molecule has 1 unspecified atom stereocenters. The fourth-order valence-electron chi connectivity index (χ4n) is 5.48. The number of aromatic nitrogens is 2. The topological polar surface area (TPSA) is 75.5 Å². The Morgan fingerprint density at radius 2 is 1.71 bits per heavy atom. The van der Waals surface area contributed by atoms with Gasteiger partial charge in [-0.25, -0.2) is 4.98 Å². The molecule has 11 heteroatoms. The lowest BCUT2D eigenvalue weighted by molar-refractivity contribution is -0.137. The van der Waals surface area contributed by atoms with E-state index in [0.717, 1.165) is 30.5 Å². The Bertz CT molecular complexity index is 1740. The summed E-state index contributed by atoms with van der Waals surface area (Å²) in [4.78, 5) is 47.6. The standard InChI is InChI=1S/C34H35F3N4O3S/c1-23-14-16-25(17-15-23)31(43)40-19-18-39(22-24(40)2)30(42)13-4-3-7-20-45-33-38-29-12-6-5-11-28(29)32(44)41(33)27-10-8-9-26(21-27)34(35,36)37/h5-6,8-12,14-17,21,24H,3-4,7,13,18-20,22H2,1-2H3. The molecule has 1 fully saturated rings. The number of thioether (sulfide) groups is 1. The lowest BCUT2D eigenvalue weighted by Gasteiger charge is -2.40. The molecule has 1 aliphatic rings. The van der Waals surface area contributed by atoms with Gasteiger partial charge in [-0.3, -0.25) is 19.0 Å². The molecule has 0 N–H and O–H groups in total. The first-order valence-corrected chi connectivity index (χ1v) is 16.0. The number of carbonyl (C=O) groups is 2. The summed E-state index contributed by atoms with van der Waals surface area (Å²) in [6.45, 7) is 5.42. The van der Waals surface area contributed by atoms with Crippen LogP contribution in [0.2, 0.25) is 0 Å². The van der Waals surface area contributed by atoms with Crippen LogP contribution >= 0.6 is 11.8 Å². The third-order valence-corrected chi connectivity index (χ3v) is 9.01. The molecule has 5 rings (SSSR count). The molecule has 3 aromatic carbocycles. The summed E-state index contributed by atoms with van der Waals surface area (Å²) in [7, 11) is 0. The summed E-state index contributed by atoms with van der Waals surface area (Å²) in [5, 5.41) is 0.647. The van der Waals surface area contributed by atoms with Gasteiger partial charge in [0.1, 0.15) is 0 Å². The number of nitrogens with zero attached hydrogens (tertiary/aromatic N) is 4. The third-order valence-electron chi connectivity index (χ3n) is 7.98. The number of para-hydroxylation sites is 1. The van der Waals surface area contributed by atoms with Gasteiger partial charge in [-0.1, -0.05) is 54.1 Å². The Morgan fingerprint density at radius 3 is 2.44 bits per heavy atom. The quantitative estimate of drug-likeness (QED) is 0.116. The second-order valence-electron chi connectivity index (χ2n) is 11.3. The molecule has 236 valence electrons. The van der Waals surface area contributed by atoms with Gasteiger partial charge in [0, 0.05) is 43.4 Å². The molecule has 4 aromatic rings. The molecule has 1 aromatic heterocycles. The van der Waals surface area contributed by atoms with Gasteiger partial charge in [0.25, 0.3) is 11.5 Å². The van der Waals surface area contributed by atoms with E-state index in [9.17, 15) is 27.6 Å². The van der Waals surface area contributed by atoms with E-state index < -0.39 is 17.3 Å². The number of aryl methyl sites for hydroxylation is 1. The Hall–Kier alpha value is -4.12. The summed E-state index contributed by atoms with van der Waals surface area (Å²) in [6.07, 6.45) is -1.96. The van der Waals surface area contributed by atoms with E-state index in [-0.39, 0.29) is 23.5 Å². The molecule has 2 heterocycles. The second kappa shape index (κ2) is 13.9. The van der Waals surface area contributed by atoms with E-state index in [1.54, 1.807) is 24.3 Å². The summed E-state index contributed by atoms with van der Waals surface area (Å²) in [5.74, 6) is 0.618. The number of benzene rings is 3. The Morgan fingerprint density at radius 1 is 0.956 bits per heavy atom. The van der Waals surface area contributed by atoms with Gasteiger partial charge in [0.2, 0.25) is 5.91 Å². The number of carbonyl (C=O) groups excluding carboxylic acids is 2. The SMILES string of the molecule is Cc1ccc(C(=O)N2CCN(C(=O)CCCCCSc3nc4ccccc4c(=O)n3-c3cccc(C(F)(F)F)c3)CC2C)cc1. The van der Waals surface area contributed by atoms with Crippen LogP contribution in [0.5, 0.6) is 0 Å². The number of piperazine rings is 1. The Balaban J connectivity index is 1.15. The van der Waals surface area contributed by atoms with Crippen molar-refractivity contribution in [3.63, 3.8) is 0 Å².